The Kier molecular flexibility index (Phi) is 6.04. The van der Waals surface area contributed by atoms with Gasteiger partial charge in [-0.05, 0) is 81.2 Å². The molecule has 2 N–H and O–H groups in total. The van der Waals surface area contributed by atoms with E-state index < -0.39 is 21.8 Å². The van der Waals surface area contributed by atoms with Gasteiger partial charge in [0.25, 0.3) is 11.8 Å². The van der Waals surface area contributed by atoms with E-state index in [4.69, 9.17) is 4.42 Å². The monoisotopic (exact) mass is 514 g/mol. The Morgan fingerprint density at radius 2 is 1.83 bits per heavy atom. The summed E-state index contributed by atoms with van der Waals surface area (Å²) in [5.41, 5.74) is 5.07. The van der Waals surface area contributed by atoms with Gasteiger partial charge in [-0.2, -0.15) is 0 Å². The average Bonchev–Trinajstić information content (AvgIpc) is 3.41. The van der Waals surface area contributed by atoms with Gasteiger partial charge < -0.3 is 15.1 Å². The van der Waals surface area contributed by atoms with Gasteiger partial charge in [-0.15, -0.1) is 11.3 Å². The summed E-state index contributed by atoms with van der Waals surface area (Å²) in [6, 6.07) is 3.56. The smallest absolute Gasteiger partial charge is 0.292 e. The molecule has 1 aliphatic heterocycles. The summed E-state index contributed by atoms with van der Waals surface area (Å²) in [7, 11) is -3.12. The quantitative estimate of drug-likeness (QED) is 0.524. The number of hydrogen-bond donors (Lipinski definition) is 2. The molecule has 2 aromatic heterocycles. The number of thiophene rings is 1. The highest BCUT2D eigenvalue weighted by atomic mass is 32.2. The summed E-state index contributed by atoms with van der Waals surface area (Å²) in [4.78, 5) is 27.8. The molecule has 0 saturated carbocycles. The van der Waals surface area contributed by atoms with Crippen molar-refractivity contribution >= 4 is 49.0 Å². The molecule has 5 rings (SSSR count). The predicted octanol–water partition coefficient (Wildman–Crippen LogP) is 4.71. The standard InChI is InChI=1S/C26H30N2O5S2/c1-13-5-6-18-21(9-13)34-26(22(18)24(29)27-17-7-8-35(31,32)12-17)28-25(30)23-16(4)19-10-14(2)15(3)11-20(19)33-23/h10-11,13,17H,5-9,12H2,1-4H3,(H,27,29)(H,28,30)/t13-,17-/m1/s1. The summed E-state index contributed by atoms with van der Waals surface area (Å²) in [5, 5.41) is 7.27. The van der Waals surface area contributed by atoms with Crippen molar-refractivity contribution in [2.24, 2.45) is 5.92 Å². The first-order valence-electron chi connectivity index (χ1n) is 12.0. The maximum absolute atomic E-state index is 13.4. The van der Waals surface area contributed by atoms with Crippen LogP contribution in [0.4, 0.5) is 5.00 Å². The normalized spacial score (nSPS) is 21.1. The number of rotatable bonds is 4. The molecule has 2 aliphatic rings. The Balaban J connectivity index is 1.48. The van der Waals surface area contributed by atoms with Crippen LogP contribution >= 0.6 is 11.3 Å². The van der Waals surface area contributed by atoms with Gasteiger partial charge in [-0.25, -0.2) is 8.42 Å². The summed E-state index contributed by atoms with van der Waals surface area (Å²) in [6.07, 6.45) is 3.00. The minimum Gasteiger partial charge on any atom is -0.451 e. The number of benzene rings is 1. The molecule has 35 heavy (non-hydrogen) atoms. The zero-order valence-corrected chi connectivity index (χ0v) is 22.0. The molecule has 2 atom stereocenters. The van der Waals surface area contributed by atoms with E-state index in [1.54, 1.807) is 0 Å². The van der Waals surface area contributed by atoms with Crippen LogP contribution in [0.2, 0.25) is 0 Å². The molecule has 186 valence electrons. The van der Waals surface area contributed by atoms with E-state index in [0.29, 0.717) is 28.5 Å². The van der Waals surface area contributed by atoms with Crippen LogP contribution in [0.15, 0.2) is 16.5 Å². The second kappa shape index (κ2) is 8.78. The molecule has 1 saturated heterocycles. The zero-order valence-electron chi connectivity index (χ0n) is 20.4. The first-order chi connectivity index (χ1) is 16.5. The van der Waals surface area contributed by atoms with Gasteiger partial charge >= 0.3 is 0 Å². The van der Waals surface area contributed by atoms with Crippen LogP contribution in [0.1, 0.15) is 67.8 Å². The van der Waals surface area contributed by atoms with E-state index in [0.717, 1.165) is 51.8 Å². The van der Waals surface area contributed by atoms with Crippen molar-refractivity contribution in [1.29, 1.82) is 0 Å². The van der Waals surface area contributed by atoms with Gasteiger partial charge in [0.05, 0.1) is 17.1 Å². The third-order valence-electron chi connectivity index (χ3n) is 7.29. The second-order valence-electron chi connectivity index (χ2n) is 10.1. The largest absolute Gasteiger partial charge is 0.451 e. The third kappa shape index (κ3) is 4.51. The third-order valence-corrected chi connectivity index (χ3v) is 10.2. The molecule has 3 aromatic rings. The summed E-state index contributed by atoms with van der Waals surface area (Å²) in [5.74, 6) is 0.0779. The van der Waals surface area contributed by atoms with E-state index in [9.17, 15) is 18.0 Å². The van der Waals surface area contributed by atoms with Gasteiger partial charge in [-0.3, -0.25) is 9.59 Å². The number of carbonyl (C=O) groups excluding carboxylic acids is 2. The fourth-order valence-corrected chi connectivity index (χ4v) is 8.17. The van der Waals surface area contributed by atoms with Crippen molar-refractivity contribution < 1.29 is 22.4 Å². The van der Waals surface area contributed by atoms with Crippen LogP contribution < -0.4 is 10.6 Å². The van der Waals surface area contributed by atoms with Crippen LogP contribution in [-0.2, 0) is 22.7 Å². The predicted molar refractivity (Wildman–Crippen MR) is 138 cm³/mol. The molecule has 3 heterocycles. The molecule has 1 fully saturated rings. The summed E-state index contributed by atoms with van der Waals surface area (Å²) < 4.78 is 29.7. The van der Waals surface area contributed by atoms with Gasteiger partial charge in [0.2, 0.25) is 0 Å². The van der Waals surface area contributed by atoms with Crippen LogP contribution in [0.25, 0.3) is 11.0 Å². The highest BCUT2D eigenvalue weighted by Crippen LogP contribution is 2.40. The van der Waals surface area contributed by atoms with Crippen molar-refractivity contribution in [3.8, 4) is 0 Å². The molecule has 0 spiro atoms. The average molecular weight is 515 g/mol. The van der Waals surface area contributed by atoms with Crippen LogP contribution in [-0.4, -0.2) is 37.8 Å². The van der Waals surface area contributed by atoms with E-state index in [1.807, 2.05) is 32.9 Å². The molecule has 2 amide bonds. The molecule has 0 radical (unpaired) electrons. The van der Waals surface area contributed by atoms with Crippen molar-refractivity contribution in [2.75, 3.05) is 16.8 Å². The zero-order chi connectivity index (χ0) is 25.1. The second-order valence-corrected chi connectivity index (χ2v) is 13.4. The maximum Gasteiger partial charge on any atom is 0.292 e. The Bertz CT molecular complexity index is 1460. The molecular weight excluding hydrogens is 484 g/mol. The molecule has 7 nitrogen and oxygen atoms in total. The minimum atomic E-state index is -3.12. The number of furan rings is 1. The highest BCUT2D eigenvalue weighted by molar-refractivity contribution is 7.91. The van der Waals surface area contributed by atoms with E-state index in [1.165, 1.54) is 11.3 Å². The van der Waals surface area contributed by atoms with Crippen molar-refractivity contribution in [3.05, 3.63) is 50.6 Å². The summed E-state index contributed by atoms with van der Waals surface area (Å²) in [6.45, 7) is 8.08. The number of hydrogen-bond acceptors (Lipinski definition) is 6. The molecule has 1 aliphatic carbocycles. The van der Waals surface area contributed by atoms with Crippen LogP contribution in [0, 0.1) is 26.7 Å². The number of nitrogens with one attached hydrogen (secondary N) is 2. The van der Waals surface area contributed by atoms with E-state index >= 15 is 0 Å². The lowest BCUT2D eigenvalue weighted by atomic mass is 9.88. The lowest BCUT2D eigenvalue weighted by molar-refractivity contribution is 0.0941. The Labute approximate surface area is 209 Å². The van der Waals surface area contributed by atoms with Crippen LogP contribution in [0.3, 0.4) is 0 Å². The first kappa shape index (κ1) is 24.1. The lowest BCUT2D eigenvalue weighted by Crippen LogP contribution is -2.36. The van der Waals surface area contributed by atoms with Crippen LogP contribution in [0.5, 0.6) is 0 Å². The lowest BCUT2D eigenvalue weighted by Gasteiger charge is -2.19. The number of fused-ring (bicyclic) bond motifs is 2. The SMILES string of the molecule is Cc1cc2oc(C(=O)Nc3sc4c(c3C(=O)N[C@@H]3CCS(=O)(=O)C3)CC[C@@H](C)C4)c(C)c2cc1C. The molecule has 1 aromatic carbocycles. The molecule has 0 unspecified atom stereocenters. The number of carbonyl (C=O) groups is 2. The maximum atomic E-state index is 13.4. The molecule has 9 heteroatoms. The fourth-order valence-electron chi connectivity index (χ4n) is 5.10. The molecule has 0 bridgehead atoms. The Morgan fingerprint density at radius 1 is 1.09 bits per heavy atom. The van der Waals surface area contributed by atoms with Crippen molar-refractivity contribution in [2.45, 2.75) is 59.4 Å². The topological polar surface area (TPSA) is 105 Å². The Hall–Kier alpha value is -2.65. The van der Waals surface area contributed by atoms with E-state index in [2.05, 4.69) is 17.6 Å². The number of amides is 2. The van der Waals surface area contributed by atoms with Gasteiger partial charge in [-0.1, -0.05) is 6.92 Å². The van der Waals surface area contributed by atoms with Crippen molar-refractivity contribution in [3.63, 3.8) is 0 Å². The Morgan fingerprint density at radius 3 is 2.54 bits per heavy atom. The fraction of sp³-hybridized carbons (Fsp3) is 0.462. The number of anilines is 1. The molecular formula is C26H30N2O5S2. The van der Waals surface area contributed by atoms with Gasteiger partial charge in [0.1, 0.15) is 10.6 Å². The number of sulfone groups is 1. The van der Waals surface area contributed by atoms with Crippen molar-refractivity contribution in [1.82, 2.24) is 5.32 Å². The summed E-state index contributed by atoms with van der Waals surface area (Å²) >= 11 is 1.44. The minimum absolute atomic E-state index is 0.0409. The van der Waals surface area contributed by atoms with Gasteiger partial charge in [0, 0.05) is 21.9 Å². The van der Waals surface area contributed by atoms with E-state index in [-0.39, 0.29) is 23.2 Å². The van der Waals surface area contributed by atoms with Gasteiger partial charge in [0.15, 0.2) is 15.6 Å². The first-order valence-corrected chi connectivity index (χ1v) is 14.6. The number of aryl methyl sites for hydroxylation is 3. The highest BCUT2D eigenvalue weighted by Gasteiger charge is 2.33.